The number of nitrogens with zero attached hydrogens (tertiary/aromatic N) is 4. The molecule has 13 rings (SSSR count). The lowest BCUT2D eigenvalue weighted by Gasteiger charge is -2.22. The number of benzene rings is 10. The Morgan fingerprint density at radius 3 is 1.20 bits per heavy atom. The molecule has 4 nitrogen and oxygen atoms in total. The summed E-state index contributed by atoms with van der Waals surface area (Å²) in [6, 6.07) is 88.3. The maximum absolute atomic E-state index is 5.47. The summed E-state index contributed by atoms with van der Waals surface area (Å²) >= 11 is 0. The summed E-state index contributed by atoms with van der Waals surface area (Å²) in [5.41, 5.74) is 22.1. The molecule has 0 N–H and O–H groups in total. The molecule has 12 aromatic rings. The first-order valence-electron chi connectivity index (χ1n) is 24.1. The maximum atomic E-state index is 5.47. The molecule has 332 valence electrons. The van der Waals surface area contributed by atoms with E-state index in [4.69, 9.17) is 19.9 Å². The predicted octanol–water partition coefficient (Wildman–Crippen LogP) is 17.4. The van der Waals surface area contributed by atoms with Crippen LogP contribution in [-0.2, 0) is 0 Å². The van der Waals surface area contributed by atoms with Crippen molar-refractivity contribution in [2.45, 2.75) is 6.92 Å². The van der Waals surface area contributed by atoms with E-state index in [2.05, 4.69) is 225 Å². The summed E-state index contributed by atoms with van der Waals surface area (Å²) in [5, 5.41) is 2.52. The number of aryl methyl sites for hydroxylation is 1. The SMILES string of the molecule is Cc1ccccc1-c1nc(-c2ccccc2)cc(-c2cc(-c3cc(-c4ccccc4)nc(-c4ccccc4)n3)cc(-c3cc(-c4ccccc4)c4c(c3-c3ccccc3)-c3cccc5cccc-4c35)c2)n1. The number of rotatable bonds is 9. The summed E-state index contributed by atoms with van der Waals surface area (Å²) in [4.78, 5) is 21.4. The normalized spacial score (nSPS) is 11.5. The molecular formula is C67H44N4. The maximum Gasteiger partial charge on any atom is 0.160 e. The van der Waals surface area contributed by atoms with Gasteiger partial charge in [-0.05, 0) is 115 Å². The fourth-order valence-corrected chi connectivity index (χ4v) is 10.4. The highest BCUT2D eigenvalue weighted by Gasteiger charge is 2.30. The van der Waals surface area contributed by atoms with E-state index in [-0.39, 0.29) is 0 Å². The zero-order valence-corrected chi connectivity index (χ0v) is 39.0. The van der Waals surface area contributed by atoms with E-state index in [9.17, 15) is 0 Å². The summed E-state index contributed by atoms with van der Waals surface area (Å²) in [6.45, 7) is 2.12. The molecular weight excluding hydrogens is 861 g/mol. The van der Waals surface area contributed by atoms with Crippen LogP contribution in [0.1, 0.15) is 5.56 Å². The van der Waals surface area contributed by atoms with Crippen molar-refractivity contribution in [3.8, 4) is 123 Å². The van der Waals surface area contributed by atoms with E-state index < -0.39 is 0 Å². The first-order valence-corrected chi connectivity index (χ1v) is 24.1. The van der Waals surface area contributed by atoms with Crippen LogP contribution in [-0.4, -0.2) is 19.9 Å². The van der Waals surface area contributed by atoms with Crippen molar-refractivity contribution < 1.29 is 0 Å². The molecule has 0 spiro atoms. The van der Waals surface area contributed by atoms with E-state index in [1.165, 1.54) is 44.2 Å². The Labute approximate surface area is 413 Å². The summed E-state index contributed by atoms with van der Waals surface area (Å²) in [5.74, 6) is 1.33. The minimum atomic E-state index is 0.656. The first-order chi connectivity index (χ1) is 35.1. The van der Waals surface area contributed by atoms with Crippen molar-refractivity contribution >= 4 is 10.8 Å². The smallest absolute Gasteiger partial charge is 0.160 e. The fourth-order valence-electron chi connectivity index (χ4n) is 10.4. The molecule has 1 aliphatic rings. The molecule has 0 unspecified atom stereocenters. The Morgan fingerprint density at radius 2 is 0.648 bits per heavy atom. The second kappa shape index (κ2) is 17.6. The lowest BCUT2D eigenvalue weighted by Crippen LogP contribution is -1.99. The van der Waals surface area contributed by atoms with Gasteiger partial charge in [0.2, 0.25) is 0 Å². The molecule has 0 radical (unpaired) electrons. The third-order valence-corrected chi connectivity index (χ3v) is 13.8. The summed E-state index contributed by atoms with van der Waals surface area (Å²) in [6.07, 6.45) is 0. The van der Waals surface area contributed by atoms with Crippen molar-refractivity contribution in [3.05, 3.63) is 254 Å². The molecule has 0 bridgehead atoms. The Hall–Kier alpha value is -9.38. The standard InChI is InChI=1S/C67H44N4/c1-43-21-17-18-34-53(43)67-70-59(46-26-11-4-12-27-46)42-61(71-67)52-38-50(37-51(39-52)60-41-58(45-24-9-3-10-25-45)68-66(69-60)49-30-15-6-16-31-49)57-40-56(44-22-7-2-8-23-44)64-54-35-19-32-47-33-20-36-55(62(47)54)65(64)63(57)48-28-13-5-14-29-48/h2-42H,1H3. The van der Waals surface area contributed by atoms with Crippen LogP contribution in [0.2, 0.25) is 0 Å². The van der Waals surface area contributed by atoms with Gasteiger partial charge in [0, 0.05) is 33.4 Å². The Bertz CT molecular complexity index is 3900. The van der Waals surface area contributed by atoms with Gasteiger partial charge in [0.15, 0.2) is 11.6 Å². The second-order valence-electron chi connectivity index (χ2n) is 18.2. The first kappa shape index (κ1) is 41.8. The van der Waals surface area contributed by atoms with Gasteiger partial charge in [-0.2, -0.15) is 0 Å². The van der Waals surface area contributed by atoms with E-state index in [1.54, 1.807) is 0 Å². The van der Waals surface area contributed by atoms with Gasteiger partial charge in [-0.15, -0.1) is 0 Å². The van der Waals surface area contributed by atoms with Crippen LogP contribution < -0.4 is 0 Å². The third-order valence-electron chi connectivity index (χ3n) is 13.8. The van der Waals surface area contributed by atoms with Gasteiger partial charge in [0.25, 0.3) is 0 Å². The zero-order valence-electron chi connectivity index (χ0n) is 39.0. The van der Waals surface area contributed by atoms with Crippen LogP contribution in [0.4, 0.5) is 0 Å². The van der Waals surface area contributed by atoms with Crippen molar-refractivity contribution in [2.75, 3.05) is 0 Å². The number of fused-ring (bicyclic) bond motifs is 3. The van der Waals surface area contributed by atoms with E-state index in [0.29, 0.717) is 11.6 Å². The highest BCUT2D eigenvalue weighted by molar-refractivity contribution is 6.22. The van der Waals surface area contributed by atoms with Gasteiger partial charge >= 0.3 is 0 Å². The monoisotopic (exact) mass is 904 g/mol. The van der Waals surface area contributed by atoms with Gasteiger partial charge in [0.05, 0.1) is 22.8 Å². The van der Waals surface area contributed by atoms with Crippen molar-refractivity contribution in [2.24, 2.45) is 0 Å². The Kier molecular flexibility index (Phi) is 10.4. The van der Waals surface area contributed by atoms with Crippen molar-refractivity contribution in [3.63, 3.8) is 0 Å². The van der Waals surface area contributed by atoms with Crippen LogP contribution >= 0.6 is 0 Å². The number of hydrogen-bond acceptors (Lipinski definition) is 4. The molecule has 0 fully saturated rings. The number of aromatic nitrogens is 4. The topological polar surface area (TPSA) is 51.6 Å². The van der Waals surface area contributed by atoms with Crippen molar-refractivity contribution in [1.82, 2.24) is 19.9 Å². The molecule has 1 aliphatic carbocycles. The molecule has 0 atom stereocenters. The molecule has 2 heterocycles. The third kappa shape index (κ3) is 7.59. The molecule has 0 amide bonds. The van der Waals surface area contributed by atoms with Crippen molar-refractivity contribution in [1.29, 1.82) is 0 Å². The molecule has 0 aliphatic heterocycles. The van der Waals surface area contributed by atoms with E-state index in [0.717, 1.165) is 84.0 Å². The number of hydrogen-bond donors (Lipinski definition) is 0. The minimum Gasteiger partial charge on any atom is -0.228 e. The average molecular weight is 905 g/mol. The summed E-state index contributed by atoms with van der Waals surface area (Å²) in [7, 11) is 0. The fraction of sp³-hybridized carbons (Fsp3) is 0.0149. The van der Waals surface area contributed by atoms with Gasteiger partial charge < -0.3 is 0 Å². The highest BCUT2D eigenvalue weighted by atomic mass is 14.9. The zero-order chi connectivity index (χ0) is 47.3. The molecule has 0 saturated carbocycles. The second-order valence-corrected chi connectivity index (χ2v) is 18.2. The summed E-state index contributed by atoms with van der Waals surface area (Å²) < 4.78 is 0. The van der Waals surface area contributed by atoms with Crippen LogP contribution in [0.15, 0.2) is 249 Å². The molecule has 0 saturated heterocycles. The van der Waals surface area contributed by atoms with Gasteiger partial charge in [-0.3, -0.25) is 0 Å². The van der Waals surface area contributed by atoms with Crippen LogP contribution in [0.25, 0.3) is 134 Å². The quantitative estimate of drug-likeness (QED) is 0.145. The largest absolute Gasteiger partial charge is 0.228 e. The molecule has 71 heavy (non-hydrogen) atoms. The average Bonchev–Trinajstić information content (AvgIpc) is 3.79. The molecule has 2 aromatic heterocycles. The van der Waals surface area contributed by atoms with E-state index >= 15 is 0 Å². The molecule has 4 heteroatoms. The highest BCUT2D eigenvalue weighted by Crippen LogP contribution is 2.57. The lowest BCUT2D eigenvalue weighted by molar-refractivity contribution is 1.17. The van der Waals surface area contributed by atoms with Crippen LogP contribution in [0.3, 0.4) is 0 Å². The lowest BCUT2D eigenvalue weighted by atomic mass is 9.81. The van der Waals surface area contributed by atoms with Crippen LogP contribution in [0.5, 0.6) is 0 Å². The Balaban J connectivity index is 1.15. The molecule has 10 aromatic carbocycles. The van der Waals surface area contributed by atoms with Gasteiger partial charge in [0.1, 0.15) is 0 Å². The Morgan fingerprint density at radius 1 is 0.239 bits per heavy atom. The minimum absolute atomic E-state index is 0.656. The van der Waals surface area contributed by atoms with E-state index in [1.807, 2.05) is 30.3 Å². The van der Waals surface area contributed by atoms with Gasteiger partial charge in [-0.25, -0.2) is 19.9 Å². The van der Waals surface area contributed by atoms with Gasteiger partial charge in [-0.1, -0.05) is 212 Å². The van der Waals surface area contributed by atoms with Crippen LogP contribution in [0, 0.1) is 6.92 Å². The predicted molar refractivity (Wildman–Crippen MR) is 293 cm³/mol.